The van der Waals surface area contributed by atoms with Crippen LogP contribution >= 0.6 is 23.8 Å². The third-order valence-electron chi connectivity index (χ3n) is 3.23. The van der Waals surface area contributed by atoms with Crippen molar-refractivity contribution in [3.63, 3.8) is 0 Å². The first-order valence-electron chi connectivity index (χ1n) is 7.72. The van der Waals surface area contributed by atoms with Crippen molar-refractivity contribution in [1.29, 1.82) is 0 Å². The fraction of sp³-hybridized carbons (Fsp3) is 0.222. The van der Waals surface area contributed by atoms with Crippen molar-refractivity contribution >= 4 is 40.5 Å². The van der Waals surface area contributed by atoms with Crippen molar-refractivity contribution in [2.24, 2.45) is 0 Å². The van der Waals surface area contributed by atoms with E-state index in [1.807, 2.05) is 6.92 Å². The highest BCUT2D eigenvalue weighted by Gasteiger charge is 2.09. The second-order valence-electron chi connectivity index (χ2n) is 5.13. The molecule has 0 bridgehead atoms. The Hall–Kier alpha value is -2.31. The molecule has 132 valence electrons. The molecule has 2 N–H and O–H groups in total. The third kappa shape index (κ3) is 5.62. The minimum absolute atomic E-state index is 0.178. The van der Waals surface area contributed by atoms with Gasteiger partial charge in [0.15, 0.2) is 5.11 Å². The number of carbonyl (C=O) groups excluding carboxylic acids is 1. The molecule has 1 amide bonds. The highest BCUT2D eigenvalue weighted by atomic mass is 35.5. The summed E-state index contributed by atoms with van der Waals surface area (Å²) in [5.74, 6) is 0.985. The maximum absolute atomic E-state index is 12.2. The Morgan fingerprint density at radius 3 is 2.52 bits per heavy atom. The van der Waals surface area contributed by atoms with Crippen LogP contribution in [-0.2, 0) is 0 Å². The normalized spacial score (nSPS) is 10.0. The molecule has 0 heterocycles. The molecule has 2 rings (SSSR count). The quantitative estimate of drug-likeness (QED) is 0.735. The maximum Gasteiger partial charge on any atom is 0.257 e. The second kappa shape index (κ2) is 9.25. The van der Waals surface area contributed by atoms with E-state index in [-0.39, 0.29) is 11.0 Å². The first kappa shape index (κ1) is 19.0. The molecule has 0 saturated carbocycles. The van der Waals surface area contributed by atoms with Gasteiger partial charge in [-0.1, -0.05) is 18.5 Å². The van der Waals surface area contributed by atoms with Gasteiger partial charge >= 0.3 is 0 Å². The largest absolute Gasteiger partial charge is 0.495 e. The number of hydrogen-bond donors (Lipinski definition) is 2. The Balaban J connectivity index is 1.93. The zero-order valence-electron chi connectivity index (χ0n) is 14.0. The molecule has 0 spiro atoms. The second-order valence-corrected chi connectivity index (χ2v) is 5.95. The molecular weight excluding hydrogens is 360 g/mol. The zero-order valence-corrected chi connectivity index (χ0v) is 15.5. The summed E-state index contributed by atoms with van der Waals surface area (Å²) in [5, 5.41) is 6.16. The van der Waals surface area contributed by atoms with Crippen LogP contribution in [0.15, 0.2) is 42.5 Å². The Morgan fingerprint density at radius 1 is 1.20 bits per heavy atom. The lowest BCUT2D eigenvalue weighted by Gasteiger charge is -2.11. The van der Waals surface area contributed by atoms with Gasteiger partial charge in [0.2, 0.25) is 0 Å². The number of carbonyl (C=O) groups is 1. The Morgan fingerprint density at radius 2 is 1.92 bits per heavy atom. The molecule has 7 heteroatoms. The van der Waals surface area contributed by atoms with E-state index in [9.17, 15) is 4.79 Å². The van der Waals surface area contributed by atoms with E-state index in [2.05, 4.69) is 10.6 Å². The number of thiocarbonyl (C=S) groups is 1. The van der Waals surface area contributed by atoms with Crippen LogP contribution in [-0.4, -0.2) is 24.7 Å². The van der Waals surface area contributed by atoms with Crippen molar-refractivity contribution in [3.8, 4) is 11.5 Å². The lowest BCUT2D eigenvalue weighted by atomic mass is 10.2. The standard InChI is InChI=1S/C18H19ClN2O3S/c1-3-10-24-14-7-4-12(5-8-14)17(22)21-18(25)20-13-6-9-16(23-2)15(19)11-13/h4-9,11H,3,10H2,1-2H3,(H2,20,21,22,25). The molecule has 2 aromatic carbocycles. The first-order chi connectivity index (χ1) is 12.0. The van der Waals surface area contributed by atoms with Crippen LogP contribution in [0.25, 0.3) is 0 Å². The van der Waals surface area contributed by atoms with E-state index in [0.717, 1.165) is 12.2 Å². The van der Waals surface area contributed by atoms with Crippen molar-refractivity contribution in [3.05, 3.63) is 53.1 Å². The van der Waals surface area contributed by atoms with Crippen LogP contribution in [0, 0.1) is 0 Å². The smallest absolute Gasteiger partial charge is 0.257 e. The summed E-state index contributed by atoms with van der Waals surface area (Å²) in [6, 6.07) is 12.0. The SMILES string of the molecule is CCCOc1ccc(C(=O)NC(=S)Nc2ccc(OC)c(Cl)c2)cc1. The van der Waals surface area contributed by atoms with E-state index < -0.39 is 0 Å². The van der Waals surface area contributed by atoms with E-state index in [4.69, 9.17) is 33.3 Å². The van der Waals surface area contributed by atoms with Crippen LogP contribution in [0.1, 0.15) is 23.7 Å². The average molecular weight is 379 g/mol. The predicted molar refractivity (Wildman–Crippen MR) is 104 cm³/mol. The highest BCUT2D eigenvalue weighted by molar-refractivity contribution is 7.80. The number of amides is 1. The number of ether oxygens (including phenoxy) is 2. The number of halogens is 1. The van der Waals surface area contributed by atoms with Gasteiger partial charge in [0.05, 0.1) is 18.7 Å². The van der Waals surface area contributed by atoms with Gasteiger partial charge in [0.1, 0.15) is 11.5 Å². The molecule has 0 fully saturated rings. The van der Waals surface area contributed by atoms with E-state index in [1.54, 1.807) is 42.5 Å². The van der Waals surface area contributed by atoms with Crippen LogP contribution in [0.3, 0.4) is 0 Å². The molecule has 2 aromatic rings. The monoisotopic (exact) mass is 378 g/mol. The first-order valence-corrected chi connectivity index (χ1v) is 8.51. The van der Waals surface area contributed by atoms with Crippen LogP contribution in [0.4, 0.5) is 5.69 Å². The lowest BCUT2D eigenvalue weighted by molar-refractivity contribution is 0.0977. The van der Waals surface area contributed by atoms with Gasteiger partial charge in [-0.05, 0) is 61.1 Å². The van der Waals surface area contributed by atoms with Crippen molar-refractivity contribution in [2.75, 3.05) is 19.0 Å². The topological polar surface area (TPSA) is 59.6 Å². The highest BCUT2D eigenvalue weighted by Crippen LogP contribution is 2.27. The summed E-state index contributed by atoms with van der Waals surface area (Å²) >= 11 is 11.2. The Bertz CT molecular complexity index is 750. The average Bonchev–Trinajstić information content (AvgIpc) is 2.60. The van der Waals surface area contributed by atoms with Crippen LogP contribution < -0.4 is 20.1 Å². The molecule has 0 aliphatic heterocycles. The van der Waals surface area contributed by atoms with Gasteiger partial charge in [-0.3, -0.25) is 10.1 Å². The number of methoxy groups -OCH3 is 1. The Labute approximate surface area is 157 Å². The van der Waals surface area contributed by atoms with Gasteiger partial charge in [-0.25, -0.2) is 0 Å². The molecule has 5 nitrogen and oxygen atoms in total. The molecule has 0 radical (unpaired) electrons. The fourth-order valence-corrected chi connectivity index (χ4v) is 2.47. The van der Waals surface area contributed by atoms with E-state index in [0.29, 0.717) is 28.6 Å². The van der Waals surface area contributed by atoms with Gasteiger partial charge in [-0.15, -0.1) is 0 Å². The summed E-state index contributed by atoms with van der Waals surface area (Å²) in [7, 11) is 1.54. The predicted octanol–water partition coefficient (Wildman–Crippen LogP) is 4.26. The van der Waals surface area contributed by atoms with E-state index in [1.165, 1.54) is 7.11 Å². The summed E-state index contributed by atoms with van der Waals surface area (Å²) < 4.78 is 10.6. The number of hydrogen-bond acceptors (Lipinski definition) is 4. The summed E-state index contributed by atoms with van der Waals surface area (Å²) in [6.07, 6.45) is 0.928. The van der Waals surface area contributed by atoms with Gasteiger partial charge in [0.25, 0.3) is 5.91 Å². The van der Waals surface area contributed by atoms with E-state index >= 15 is 0 Å². The van der Waals surface area contributed by atoms with Gasteiger partial charge in [0, 0.05) is 11.3 Å². The number of benzene rings is 2. The number of rotatable bonds is 6. The minimum Gasteiger partial charge on any atom is -0.495 e. The summed E-state index contributed by atoms with van der Waals surface area (Å²) in [6.45, 7) is 2.68. The minimum atomic E-state index is -0.306. The molecule has 0 aromatic heterocycles. The van der Waals surface area contributed by atoms with Crippen LogP contribution in [0.5, 0.6) is 11.5 Å². The molecule has 0 atom stereocenters. The number of nitrogens with one attached hydrogen (secondary N) is 2. The Kier molecular flexibility index (Phi) is 7.03. The molecular formula is C18H19ClN2O3S. The van der Waals surface area contributed by atoms with Gasteiger partial charge < -0.3 is 14.8 Å². The zero-order chi connectivity index (χ0) is 18.2. The summed E-state index contributed by atoms with van der Waals surface area (Å²) in [5.41, 5.74) is 1.14. The van der Waals surface area contributed by atoms with Gasteiger partial charge in [-0.2, -0.15) is 0 Å². The molecule has 0 unspecified atom stereocenters. The molecule has 0 aliphatic carbocycles. The fourth-order valence-electron chi connectivity index (χ4n) is 2.00. The van der Waals surface area contributed by atoms with Crippen molar-refractivity contribution in [2.45, 2.75) is 13.3 Å². The van der Waals surface area contributed by atoms with Crippen molar-refractivity contribution in [1.82, 2.24) is 5.32 Å². The van der Waals surface area contributed by atoms with Crippen LogP contribution in [0.2, 0.25) is 5.02 Å². The number of anilines is 1. The molecule has 0 aliphatic rings. The third-order valence-corrected chi connectivity index (χ3v) is 3.73. The lowest BCUT2D eigenvalue weighted by Crippen LogP contribution is -2.34. The maximum atomic E-state index is 12.2. The molecule has 25 heavy (non-hydrogen) atoms. The summed E-state index contributed by atoms with van der Waals surface area (Å²) in [4.78, 5) is 12.2. The van der Waals surface area contributed by atoms with Crippen molar-refractivity contribution < 1.29 is 14.3 Å². The molecule has 0 saturated heterocycles.